The van der Waals surface area contributed by atoms with Crippen molar-refractivity contribution in [2.45, 2.75) is 40.0 Å². The number of hydrogen-bond acceptors (Lipinski definition) is 3. The Morgan fingerprint density at radius 3 is 2.33 bits per heavy atom. The molecule has 3 heteroatoms. The molecule has 0 aliphatic heterocycles. The predicted octanol–water partition coefficient (Wildman–Crippen LogP) is 3.84. The van der Waals surface area contributed by atoms with Crippen molar-refractivity contribution in [2.75, 3.05) is 5.73 Å². The van der Waals surface area contributed by atoms with E-state index in [-0.39, 0.29) is 5.41 Å². The molecule has 1 heterocycles. The fourth-order valence-corrected chi connectivity index (χ4v) is 1.94. The zero-order valence-electron chi connectivity index (χ0n) is 11.7. The van der Waals surface area contributed by atoms with Crippen LogP contribution in [0, 0.1) is 13.8 Å². The Kier molecular flexibility index (Phi) is 2.93. The van der Waals surface area contributed by atoms with Crippen LogP contribution < -0.4 is 5.73 Å². The third kappa shape index (κ3) is 2.13. The Hall–Kier alpha value is -1.77. The van der Waals surface area contributed by atoms with E-state index in [1.165, 1.54) is 11.1 Å². The van der Waals surface area contributed by atoms with Crippen LogP contribution in [0.2, 0.25) is 0 Å². The van der Waals surface area contributed by atoms with Crippen molar-refractivity contribution < 1.29 is 4.52 Å². The normalized spacial score (nSPS) is 11.8. The molecule has 0 atom stereocenters. The van der Waals surface area contributed by atoms with Gasteiger partial charge in [0.2, 0.25) is 5.88 Å². The lowest BCUT2D eigenvalue weighted by atomic mass is 9.84. The summed E-state index contributed by atoms with van der Waals surface area (Å²) in [6, 6.07) is 6.47. The molecule has 18 heavy (non-hydrogen) atoms. The highest BCUT2D eigenvalue weighted by atomic mass is 16.5. The molecule has 1 aromatic carbocycles. The standard InChI is InChI=1S/C15H20N2O/c1-9-6-7-11(15(3,4)5)8-12(9)13-10(2)14(16)18-17-13/h6-8H,16H2,1-5H3. The average Bonchev–Trinajstić information content (AvgIpc) is 2.59. The first-order valence-electron chi connectivity index (χ1n) is 6.14. The van der Waals surface area contributed by atoms with Gasteiger partial charge in [0.15, 0.2) is 0 Å². The number of nitrogens with two attached hydrogens (primary N) is 1. The highest BCUT2D eigenvalue weighted by molar-refractivity contribution is 5.70. The van der Waals surface area contributed by atoms with E-state index < -0.39 is 0 Å². The van der Waals surface area contributed by atoms with E-state index in [1.807, 2.05) is 6.92 Å². The summed E-state index contributed by atoms with van der Waals surface area (Å²) in [4.78, 5) is 0. The Bertz CT molecular complexity index is 577. The summed E-state index contributed by atoms with van der Waals surface area (Å²) in [7, 11) is 0. The maximum Gasteiger partial charge on any atom is 0.225 e. The molecule has 0 spiro atoms. The molecule has 0 aliphatic rings. The van der Waals surface area contributed by atoms with Gasteiger partial charge in [0.1, 0.15) is 5.69 Å². The minimum Gasteiger partial charge on any atom is -0.367 e. The zero-order valence-corrected chi connectivity index (χ0v) is 11.7. The maximum absolute atomic E-state index is 5.72. The molecule has 0 saturated carbocycles. The third-order valence-electron chi connectivity index (χ3n) is 3.32. The van der Waals surface area contributed by atoms with Crippen LogP contribution in [0.1, 0.15) is 37.5 Å². The van der Waals surface area contributed by atoms with E-state index in [0.717, 1.165) is 16.8 Å². The molecular weight excluding hydrogens is 224 g/mol. The molecule has 2 aromatic rings. The number of aryl methyl sites for hydroxylation is 1. The van der Waals surface area contributed by atoms with E-state index in [1.54, 1.807) is 0 Å². The van der Waals surface area contributed by atoms with E-state index in [4.69, 9.17) is 10.3 Å². The molecule has 96 valence electrons. The van der Waals surface area contributed by atoms with Crippen molar-refractivity contribution in [3.05, 3.63) is 34.9 Å². The van der Waals surface area contributed by atoms with Gasteiger partial charge < -0.3 is 10.3 Å². The second-order valence-corrected chi connectivity index (χ2v) is 5.80. The van der Waals surface area contributed by atoms with Crippen molar-refractivity contribution in [2.24, 2.45) is 0 Å². The third-order valence-corrected chi connectivity index (χ3v) is 3.32. The zero-order chi connectivity index (χ0) is 13.5. The lowest BCUT2D eigenvalue weighted by molar-refractivity contribution is 0.438. The van der Waals surface area contributed by atoms with Gasteiger partial charge in [-0.05, 0) is 36.5 Å². The first kappa shape index (κ1) is 12.7. The summed E-state index contributed by atoms with van der Waals surface area (Å²) in [5, 5.41) is 4.07. The van der Waals surface area contributed by atoms with Gasteiger partial charge in [-0.15, -0.1) is 0 Å². The highest BCUT2D eigenvalue weighted by Crippen LogP contribution is 2.32. The number of nitrogen functional groups attached to an aromatic ring is 1. The summed E-state index contributed by atoms with van der Waals surface area (Å²) >= 11 is 0. The monoisotopic (exact) mass is 244 g/mol. The van der Waals surface area contributed by atoms with Gasteiger partial charge in [-0.25, -0.2) is 0 Å². The Morgan fingerprint density at radius 1 is 1.17 bits per heavy atom. The van der Waals surface area contributed by atoms with E-state index in [9.17, 15) is 0 Å². The van der Waals surface area contributed by atoms with Crippen LogP contribution >= 0.6 is 0 Å². The maximum atomic E-state index is 5.72. The Balaban J connectivity index is 2.61. The molecule has 0 saturated heterocycles. The van der Waals surface area contributed by atoms with Gasteiger partial charge in [0.25, 0.3) is 0 Å². The quantitative estimate of drug-likeness (QED) is 0.829. The molecule has 1 aromatic heterocycles. The second-order valence-electron chi connectivity index (χ2n) is 5.80. The smallest absolute Gasteiger partial charge is 0.225 e. The van der Waals surface area contributed by atoms with Crippen molar-refractivity contribution >= 4 is 5.88 Å². The fraction of sp³-hybridized carbons (Fsp3) is 0.400. The van der Waals surface area contributed by atoms with Crippen LogP contribution in [0.4, 0.5) is 5.88 Å². The number of anilines is 1. The average molecular weight is 244 g/mol. The number of hydrogen-bond donors (Lipinski definition) is 1. The van der Waals surface area contributed by atoms with Gasteiger partial charge in [0, 0.05) is 11.1 Å². The first-order valence-corrected chi connectivity index (χ1v) is 6.14. The van der Waals surface area contributed by atoms with Crippen molar-refractivity contribution in [3.8, 4) is 11.3 Å². The van der Waals surface area contributed by atoms with E-state index in [2.05, 4.69) is 51.1 Å². The highest BCUT2D eigenvalue weighted by Gasteiger charge is 2.18. The molecule has 0 fully saturated rings. The molecule has 0 bridgehead atoms. The van der Waals surface area contributed by atoms with Crippen LogP contribution in [0.3, 0.4) is 0 Å². The van der Waals surface area contributed by atoms with Crippen molar-refractivity contribution in [3.63, 3.8) is 0 Å². The van der Waals surface area contributed by atoms with Gasteiger partial charge in [0.05, 0.1) is 0 Å². The molecule has 0 aliphatic carbocycles. The fourth-order valence-electron chi connectivity index (χ4n) is 1.94. The lowest BCUT2D eigenvalue weighted by Crippen LogP contribution is -2.11. The van der Waals surface area contributed by atoms with Gasteiger partial charge >= 0.3 is 0 Å². The molecule has 0 amide bonds. The molecule has 0 unspecified atom stereocenters. The number of nitrogens with zero attached hydrogens (tertiary/aromatic N) is 1. The van der Waals surface area contributed by atoms with Crippen LogP contribution in [-0.4, -0.2) is 5.16 Å². The topological polar surface area (TPSA) is 52.0 Å². The number of benzene rings is 1. The Morgan fingerprint density at radius 2 is 1.83 bits per heavy atom. The van der Waals surface area contributed by atoms with E-state index >= 15 is 0 Å². The van der Waals surface area contributed by atoms with Crippen molar-refractivity contribution in [1.29, 1.82) is 0 Å². The number of aromatic nitrogens is 1. The van der Waals surface area contributed by atoms with Crippen LogP contribution in [0.5, 0.6) is 0 Å². The summed E-state index contributed by atoms with van der Waals surface area (Å²) in [6.45, 7) is 10.6. The lowest BCUT2D eigenvalue weighted by Gasteiger charge is -2.20. The van der Waals surface area contributed by atoms with E-state index in [0.29, 0.717) is 5.88 Å². The Labute approximate surface area is 108 Å². The largest absolute Gasteiger partial charge is 0.367 e. The molecule has 0 radical (unpaired) electrons. The van der Waals surface area contributed by atoms with Crippen molar-refractivity contribution in [1.82, 2.24) is 5.16 Å². The summed E-state index contributed by atoms with van der Waals surface area (Å²) < 4.78 is 5.06. The first-order chi connectivity index (χ1) is 8.30. The van der Waals surface area contributed by atoms with Gasteiger partial charge in [-0.3, -0.25) is 0 Å². The minimum absolute atomic E-state index is 0.117. The van der Waals surface area contributed by atoms with Crippen LogP contribution in [-0.2, 0) is 5.41 Å². The van der Waals surface area contributed by atoms with Gasteiger partial charge in [-0.2, -0.15) is 0 Å². The summed E-state index contributed by atoms with van der Waals surface area (Å²) in [5.41, 5.74) is 11.1. The van der Waals surface area contributed by atoms with Crippen LogP contribution in [0.15, 0.2) is 22.7 Å². The second kappa shape index (κ2) is 4.16. The summed E-state index contributed by atoms with van der Waals surface area (Å²) in [6.07, 6.45) is 0. The number of rotatable bonds is 1. The molecule has 2 rings (SSSR count). The predicted molar refractivity (Wildman–Crippen MR) is 74.5 cm³/mol. The molecule has 2 N–H and O–H groups in total. The molecular formula is C15H20N2O. The summed E-state index contributed by atoms with van der Waals surface area (Å²) in [5.74, 6) is 0.394. The minimum atomic E-state index is 0.117. The molecule has 3 nitrogen and oxygen atoms in total. The van der Waals surface area contributed by atoms with Crippen LogP contribution in [0.25, 0.3) is 11.3 Å². The SMILES string of the molecule is Cc1ccc(C(C)(C)C)cc1-c1noc(N)c1C. The van der Waals surface area contributed by atoms with Gasteiger partial charge in [-0.1, -0.05) is 38.1 Å².